The van der Waals surface area contributed by atoms with Gasteiger partial charge in [-0.1, -0.05) is 71.9 Å². The van der Waals surface area contributed by atoms with Gasteiger partial charge in [-0.05, 0) is 17.2 Å². The van der Waals surface area contributed by atoms with Crippen LogP contribution in [0.2, 0.25) is 5.02 Å². The van der Waals surface area contributed by atoms with Gasteiger partial charge in [0.15, 0.2) is 10.8 Å². The molecule has 0 atom stereocenters. The molecule has 0 saturated carbocycles. The van der Waals surface area contributed by atoms with E-state index in [4.69, 9.17) is 11.6 Å². The maximum atomic E-state index is 12.3. The summed E-state index contributed by atoms with van der Waals surface area (Å²) < 4.78 is 1.28. The van der Waals surface area contributed by atoms with Gasteiger partial charge in [0.05, 0.1) is 6.20 Å². The van der Waals surface area contributed by atoms with Crippen LogP contribution in [0.1, 0.15) is 5.56 Å². The molecule has 4 aromatic rings. The first-order valence-corrected chi connectivity index (χ1v) is 8.98. The molecule has 0 aliphatic carbocycles. The number of rotatable bonds is 4. The van der Waals surface area contributed by atoms with Crippen molar-refractivity contribution in [3.05, 3.63) is 81.9 Å². The van der Waals surface area contributed by atoms with Gasteiger partial charge in [-0.2, -0.15) is 9.61 Å². The van der Waals surface area contributed by atoms with Crippen molar-refractivity contribution in [1.82, 2.24) is 19.6 Å². The maximum absolute atomic E-state index is 12.3. The second kappa shape index (κ2) is 6.74. The van der Waals surface area contributed by atoms with Gasteiger partial charge in [0, 0.05) is 16.3 Å². The van der Waals surface area contributed by atoms with Crippen molar-refractivity contribution in [2.45, 2.75) is 10.9 Å². The third kappa shape index (κ3) is 3.18. The normalized spacial score (nSPS) is 11.1. The highest BCUT2D eigenvalue weighted by Gasteiger charge is 2.12. The first-order valence-electron chi connectivity index (χ1n) is 7.62. The average Bonchev–Trinajstić information content (AvgIpc) is 3.06. The van der Waals surface area contributed by atoms with E-state index in [-0.39, 0.29) is 5.69 Å². The van der Waals surface area contributed by atoms with Crippen LogP contribution < -0.4 is 5.69 Å². The number of fused-ring (bicyclic) bond motifs is 1. The predicted molar refractivity (Wildman–Crippen MR) is 100 cm³/mol. The number of hydrogen-bond acceptors (Lipinski definition) is 4. The highest BCUT2D eigenvalue weighted by Crippen LogP contribution is 2.26. The fourth-order valence-electron chi connectivity index (χ4n) is 2.52. The van der Waals surface area contributed by atoms with E-state index in [1.807, 2.05) is 54.6 Å². The third-order valence-corrected chi connectivity index (χ3v) is 5.06. The zero-order valence-corrected chi connectivity index (χ0v) is 14.6. The van der Waals surface area contributed by atoms with Crippen LogP contribution in [0, 0.1) is 0 Å². The SMILES string of the molecule is O=c1[nH]c(SCc2ccccc2Cl)nc2c(-c3ccccc3)cnn12. The second-order valence-corrected chi connectivity index (χ2v) is 6.76. The molecule has 4 rings (SSSR count). The molecule has 2 aromatic carbocycles. The fourth-order valence-corrected chi connectivity index (χ4v) is 3.65. The monoisotopic (exact) mass is 368 g/mol. The number of aromatic amines is 1. The van der Waals surface area contributed by atoms with Crippen LogP contribution in [0.5, 0.6) is 0 Å². The van der Waals surface area contributed by atoms with Gasteiger partial charge < -0.3 is 0 Å². The van der Waals surface area contributed by atoms with Crippen LogP contribution in [0.15, 0.2) is 70.7 Å². The van der Waals surface area contributed by atoms with Crippen molar-refractivity contribution in [3.8, 4) is 11.1 Å². The van der Waals surface area contributed by atoms with Gasteiger partial charge >= 0.3 is 5.69 Å². The highest BCUT2D eigenvalue weighted by atomic mass is 35.5. The van der Waals surface area contributed by atoms with Gasteiger partial charge in [-0.3, -0.25) is 4.98 Å². The van der Waals surface area contributed by atoms with E-state index < -0.39 is 0 Å². The summed E-state index contributed by atoms with van der Waals surface area (Å²) in [6.07, 6.45) is 1.66. The van der Waals surface area contributed by atoms with E-state index in [0.717, 1.165) is 16.7 Å². The van der Waals surface area contributed by atoms with Crippen LogP contribution in [0.25, 0.3) is 16.8 Å². The van der Waals surface area contributed by atoms with Gasteiger partial charge in [0.2, 0.25) is 0 Å². The molecular formula is C18H13ClN4OS. The summed E-state index contributed by atoms with van der Waals surface area (Å²) in [5, 5.41) is 5.39. The molecule has 0 radical (unpaired) electrons. The fraction of sp³-hybridized carbons (Fsp3) is 0.0556. The third-order valence-electron chi connectivity index (χ3n) is 3.76. The minimum absolute atomic E-state index is 0.311. The van der Waals surface area contributed by atoms with Crippen molar-refractivity contribution < 1.29 is 0 Å². The molecular weight excluding hydrogens is 356 g/mol. The maximum Gasteiger partial charge on any atom is 0.350 e. The summed E-state index contributed by atoms with van der Waals surface area (Å²) in [5.41, 5.74) is 3.02. The van der Waals surface area contributed by atoms with Crippen molar-refractivity contribution in [1.29, 1.82) is 0 Å². The summed E-state index contributed by atoms with van der Waals surface area (Å²) in [7, 11) is 0. The molecule has 0 aliphatic rings. The van der Waals surface area contributed by atoms with Crippen molar-refractivity contribution in [2.75, 3.05) is 0 Å². The summed E-state index contributed by atoms with van der Waals surface area (Å²) in [5.74, 6) is 0.619. The number of nitrogens with one attached hydrogen (secondary N) is 1. The topological polar surface area (TPSA) is 63.0 Å². The second-order valence-electron chi connectivity index (χ2n) is 5.39. The number of H-pyrrole nitrogens is 1. The molecule has 7 heteroatoms. The Kier molecular flexibility index (Phi) is 4.29. The molecule has 0 spiro atoms. The zero-order chi connectivity index (χ0) is 17.2. The lowest BCUT2D eigenvalue weighted by Gasteiger charge is -2.04. The first-order chi connectivity index (χ1) is 12.2. The lowest BCUT2D eigenvalue weighted by Crippen LogP contribution is -2.19. The molecule has 0 saturated heterocycles. The quantitative estimate of drug-likeness (QED) is 0.552. The Balaban J connectivity index is 1.71. The molecule has 0 fully saturated rings. The average molecular weight is 369 g/mol. The molecule has 124 valence electrons. The number of halogens is 1. The van der Waals surface area contributed by atoms with E-state index in [1.165, 1.54) is 16.3 Å². The van der Waals surface area contributed by atoms with E-state index in [0.29, 0.717) is 21.6 Å². The molecule has 0 aliphatic heterocycles. The predicted octanol–water partition coefficient (Wildman–Crippen LogP) is 4.03. The number of benzene rings is 2. The van der Waals surface area contributed by atoms with E-state index >= 15 is 0 Å². The molecule has 0 unspecified atom stereocenters. The van der Waals surface area contributed by atoms with Crippen LogP contribution in [0.4, 0.5) is 0 Å². The van der Waals surface area contributed by atoms with Crippen LogP contribution in [-0.4, -0.2) is 19.6 Å². The number of hydrogen-bond donors (Lipinski definition) is 1. The highest BCUT2D eigenvalue weighted by molar-refractivity contribution is 7.98. The molecule has 25 heavy (non-hydrogen) atoms. The first kappa shape index (κ1) is 15.9. The Morgan fingerprint density at radius 3 is 2.64 bits per heavy atom. The van der Waals surface area contributed by atoms with Crippen LogP contribution in [-0.2, 0) is 5.75 Å². The zero-order valence-electron chi connectivity index (χ0n) is 13.0. The Labute approximate surface area is 152 Å². The molecule has 2 aromatic heterocycles. The Hall–Kier alpha value is -2.57. The molecule has 2 heterocycles. The molecule has 5 nitrogen and oxygen atoms in total. The van der Waals surface area contributed by atoms with Gasteiger partial charge in [-0.25, -0.2) is 9.78 Å². The van der Waals surface area contributed by atoms with Crippen molar-refractivity contribution in [3.63, 3.8) is 0 Å². The lowest BCUT2D eigenvalue weighted by atomic mass is 10.1. The summed E-state index contributed by atoms with van der Waals surface area (Å²) in [4.78, 5) is 19.6. The Bertz CT molecular complexity index is 1090. The van der Waals surface area contributed by atoms with Gasteiger partial charge in [0.1, 0.15) is 0 Å². The van der Waals surface area contributed by atoms with E-state index in [1.54, 1.807) is 6.20 Å². The summed E-state index contributed by atoms with van der Waals surface area (Å²) in [6, 6.07) is 17.4. The number of nitrogens with zero attached hydrogens (tertiary/aromatic N) is 3. The Morgan fingerprint density at radius 1 is 1.08 bits per heavy atom. The number of thioether (sulfide) groups is 1. The Morgan fingerprint density at radius 2 is 1.84 bits per heavy atom. The van der Waals surface area contributed by atoms with E-state index in [9.17, 15) is 4.79 Å². The minimum Gasteiger partial charge on any atom is -0.285 e. The van der Waals surface area contributed by atoms with Gasteiger partial charge in [-0.15, -0.1) is 0 Å². The molecule has 0 amide bonds. The number of aromatic nitrogens is 4. The van der Waals surface area contributed by atoms with Crippen LogP contribution >= 0.6 is 23.4 Å². The van der Waals surface area contributed by atoms with Crippen molar-refractivity contribution in [2.24, 2.45) is 0 Å². The van der Waals surface area contributed by atoms with Crippen LogP contribution in [0.3, 0.4) is 0 Å². The minimum atomic E-state index is -0.311. The van der Waals surface area contributed by atoms with Crippen molar-refractivity contribution >= 4 is 29.0 Å². The van der Waals surface area contributed by atoms with E-state index in [2.05, 4.69) is 15.1 Å². The molecule has 0 bridgehead atoms. The molecule has 1 N–H and O–H groups in total. The van der Waals surface area contributed by atoms with Gasteiger partial charge in [0.25, 0.3) is 0 Å². The lowest BCUT2D eigenvalue weighted by molar-refractivity contribution is 0.786. The standard InChI is InChI=1S/C18H13ClN4OS/c19-15-9-5-4-8-13(15)11-25-17-21-16-14(12-6-2-1-3-7-12)10-20-23(16)18(24)22-17/h1-10H,11H2,(H,21,22,24). The largest absolute Gasteiger partial charge is 0.350 e. The summed E-state index contributed by atoms with van der Waals surface area (Å²) in [6.45, 7) is 0. The smallest absolute Gasteiger partial charge is 0.285 e. The summed E-state index contributed by atoms with van der Waals surface area (Å²) >= 11 is 7.62.